The fraction of sp³-hybridized carbons (Fsp3) is 0.190. The Labute approximate surface area is 152 Å². The summed E-state index contributed by atoms with van der Waals surface area (Å²) < 4.78 is 25.2. The van der Waals surface area contributed by atoms with Crippen LogP contribution in [0.1, 0.15) is 16.8 Å². The average Bonchev–Trinajstić information content (AvgIpc) is 2.68. The van der Waals surface area contributed by atoms with Crippen molar-refractivity contribution in [2.24, 2.45) is 0 Å². The van der Waals surface area contributed by atoms with E-state index >= 15 is 0 Å². The van der Waals surface area contributed by atoms with Gasteiger partial charge in [0.05, 0.1) is 12.8 Å². The molecule has 1 N–H and O–H groups in total. The number of benzene rings is 2. The van der Waals surface area contributed by atoms with Gasteiger partial charge in [-0.05, 0) is 24.3 Å². The Kier molecular flexibility index (Phi) is 6.17. The van der Waals surface area contributed by atoms with Gasteiger partial charge in [0.25, 0.3) is 0 Å². The Morgan fingerprint density at radius 1 is 0.923 bits per heavy atom. The lowest BCUT2D eigenvalue weighted by atomic mass is 10.1. The number of hydrogen-bond acceptors (Lipinski definition) is 4. The Morgan fingerprint density at radius 2 is 1.73 bits per heavy atom. The van der Waals surface area contributed by atoms with E-state index in [1.807, 2.05) is 36.4 Å². The summed E-state index contributed by atoms with van der Waals surface area (Å²) in [6.45, 7) is 1.37. The highest BCUT2D eigenvalue weighted by Crippen LogP contribution is 2.32. The number of hydrogen-bond donors (Lipinski definition) is 1. The number of rotatable bonds is 8. The molecule has 0 aliphatic rings. The Bertz CT molecular complexity index is 840. The molecule has 0 unspecified atom stereocenters. The highest BCUT2D eigenvalue weighted by atomic mass is 19.1. The minimum absolute atomic E-state index is 0.139. The smallest absolute Gasteiger partial charge is 0.166 e. The molecule has 1 aromatic heterocycles. The quantitative estimate of drug-likeness (QED) is 0.663. The Morgan fingerprint density at radius 3 is 2.50 bits per heavy atom. The third kappa shape index (κ3) is 4.58. The van der Waals surface area contributed by atoms with E-state index in [-0.39, 0.29) is 12.4 Å². The average molecular weight is 352 g/mol. The summed E-state index contributed by atoms with van der Waals surface area (Å²) in [5.74, 6) is 0.961. The molecule has 3 rings (SSSR count). The summed E-state index contributed by atoms with van der Waals surface area (Å²) in [4.78, 5) is 4.29. The zero-order valence-corrected chi connectivity index (χ0v) is 14.6. The van der Waals surface area contributed by atoms with Crippen molar-refractivity contribution in [1.82, 2.24) is 10.3 Å². The molecule has 5 heteroatoms. The van der Waals surface area contributed by atoms with Crippen molar-refractivity contribution in [2.45, 2.75) is 19.7 Å². The third-order valence-electron chi connectivity index (χ3n) is 3.96. The maximum Gasteiger partial charge on any atom is 0.166 e. The number of aromatic nitrogens is 1. The van der Waals surface area contributed by atoms with Crippen molar-refractivity contribution in [3.05, 3.63) is 89.5 Å². The molecule has 0 spiro atoms. The molecule has 0 aliphatic carbocycles. The van der Waals surface area contributed by atoms with Gasteiger partial charge in [0, 0.05) is 30.4 Å². The second-order valence-corrected chi connectivity index (χ2v) is 5.75. The van der Waals surface area contributed by atoms with Crippen LogP contribution in [0.5, 0.6) is 11.5 Å². The predicted octanol–water partition coefficient (Wildman–Crippen LogP) is 4.10. The monoisotopic (exact) mass is 352 g/mol. The van der Waals surface area contributed by atoms with Gasteiger partial charge in [0.15, 0.2) is 11.5 Å². The van der Waals surface area contributed by atoms with Crippen LogP contribution in [0.2, 0.25) is 0 Å². The van der Waals surface area contributed by atoms with Crippen LogP contribution in [0.15, 0.2) is 66.9 Å². The minimum atomic E-state index is -0.280. The summed E-state index contributed by atoms with van der Waals surface area (Å²) in [6, 6.07) is 18.1. The van der Waals surface area contributed by atoms with Gasteiger partial charge in [-0.3, -0.25) is 4.98 Å². The SMILES string of the molecule is COc1cccc(CNCc2ccccn2)c1OCc1ccccc1F. The first-order valence-electron chi connectivity index (χ1n) is 8.40. The van der Waals surface area contributed by atoms with Gasteiger partial charge in [-0.15, -0.1) is 0 Å². The van der Waals surface area contributed by atoms with E-state index in [4.69, 9.17) is 9.47 Å². The number of ether oxygens (including phenoxy) is 2. The molecule has 0 radical (unpaired) electrons. The molecule has 3 aromatic rings. The molecule has 1 heterocycles. The van der Waals surface area contributed by atoms with Crippen molar-refractivity contribution in [1.29, 1.82) is 0 Å². The summed E-state index contributed by atoms with van der Waals surface area (Å²) in [5, 5.41) is 3.35. The maximum atomic E-state index is 13.8. The molecule has 0 saturated carbocycles. The number of methoxy groups -OCH3 is 1. The standard InChI is InChI=1S/C21H21FN2O2/c1-25-20-11-6-8-16(13-23-14-18-9-4-5-12-24-18)21(20)26-15-17-7-2-3-10-19(17)22/h2-12,23H,13-15H2,1H3. The van der Waals surface area contributed by atoms with Gasteiger partial charge in [-0.25, -0.2) is 4.39 Å². The summed E-state index contributed by atoms with van der Waals surface area (Å²) >= 11 is 0. The van der Waals surface area contributed by atoms with Gasteiger partial charge in [-0.1, -0.05) is 36.4 Å². The fourth-order valence-electron chi connectivity index (χ4n) is 2.62. The van der Waals surface area contributed by atoms with E-state index in [0.29, 0.717) is 30.2 Å². The third-order valence-corrected chi connectivity index (χ3v) is 3.96. The molecule has 0 fully saturated rings. The van der Waals surface area contributed by atoms with E-state index < -0.39 is 0 Å². The maximum absolute atomic E-state index is 13.8. The van der Waals surface area contributed by atoms with Gasteiger partial charge in [0.1, 0.15) is 12.4 Å². The van der Waals surface area contributed by atoms with Crippen molar-refractivity contribution >= 4 is 0 Å². The Hall–Kier alpha value is -2.92. The molecule has 4 nitrogen and oxygen atoms in total. The van der Waals surface area contributed by atoms with Crippen LogP contribution in [-0.4, -0.2) is 12.1 Å². The first-order chi connectivity index (χ1) is 12.8. The fourth-order valence-corrected chi connectivity index (χ4v) is 2.62. The van der Waals surface area contributed by atoms with Crippen LogP contribution < -0.4 is 14.8 Å². The lowest BCUT2D eigenvalue weighted by molar-refractivity contribution is 0.276. The van der Waals surface area contributed by atoms with Crippen LogP contribution in [0.25, 0.3) is 0 Å². The molecular formula is C21H21FN2O2. The highest BCUT2D eigenvalue weighted by Gasteiger charge is 2.12. The highest BCUT2D eigenvalue weighted by molar-refractivity contribution is 5.46. The van der Waals surface area contributed by atoms with E-state index in [9.17, 15) is 4.39 Å². The number of nitrogens with one attached hydrogen (secondary N) is 1. The van der Waals surface area contributed by atoms with E-state index in [1.54, 1.807) is 31.5 Å². The zero-order valence-electron chi connectivity index (χ0n) is 14.6. The number of halogens is 1. The molecule has 0 atom stereocenters. The van der Waals surface area contributed by atoms with Gasteiger partial charge < -0.3 is 14.8 Å². The number of para-hydroxylation sites is 1. The molecule has 0 saturated heterocycles. The molecule has 0 aliphatic heterocycles. The number of nitrogens with zero attached hydrogens (tertiary/aromatic N) is 1. The first-order valence-corrected chi connectivity index (χ1v) is 8.40. The van der Waals surface area contributed by atoms with Crippen LogP contribution in [-0.2, 0) is 19.7 Å². The topological polar surface area (TPSA) is 43.4 Å². The molecule has 26 heavy (non-hydrogen) atoms. The molecule has 0 amide bonds. The van der Waals surface area contributed by atoms with Gasteiger partial charge in [-0.2, -0.15) is 0 Å². The zero-order chi connectivity index (χ0) is 18.2. The van der Waals surface area contributed by atoms with E-state index in [1.165, 1.54) is 6.07 Å². The second-order valence-electron chi connectivity index (χ2n) is 5.75. The molecule has 2 aromatic carbocycles. The van der Waals surface area contributed by atoms with Crippen molar-refractivity contribution < 1.29 is 13.9 Å². The molecule has 134 valence electrons. The van der Waals surface area contributed by atoms with Crippen LogP contribution in [0, 0.1) is 5.82 Å². The van der Waals surface area contributed by atoms with Crippen LogP contribution >= 0.6 is 0 Å². The van der Waals surface area contributed by atoms with Crippen molar-refractivity contribution in [2.75, 3.05) is 7.11 Å². The van der Waals surface area contributed by atoms with Crippen molar-refractivity contribution in [3.8, 4) is 11.5 Å². The van der Waals surface area contributed by atoms with Crippen LogP contribution in [0.3, 0.4) is 0 Å². The lowest BCUT2D eigenvalue weighted by Crippen LogP contribution is -2.14. The largest absolute Gasteiger partial charge is 0.493 e. The van der Waals surface area contributed by atoms with Gasteiger partial charge in [0.2, 0.25) is 0 Å². The van der Waals surface area contributed by atoms with Crippen molar-refractivity contribution in [3.63, 3.8) is 0 Å². The summed E-state index contributed by atoms with van der Waals surface area (Å²) in [7, 11) is 1.59. The summed E-state index contributed by atoms with van der Waals surface area (Å²) in [6.07, 6.45) is 1.77. The second kappa shape index (κ2) is 8.97. The number of pyridine rings is 1. The normalized spacial score (nSPS) is 10.5. The minimum Gasteiger partial charge on any atom is -0.493 e. The molecule has 0 bridgehead atoms. The first kappa shape index (κ1) is 17.9. The summed E-state index contributed by atoms with van der Waals surface area (Å²) in [5.41, 5.74) is 2.41. The van der Waals surface area contributed by atoms with Crippen LogP contribution in [0.4, 0.5) is 4.39 Å². The van der Waals surface area contributed by atoms with E-state index in [0.717, 1.165) is 11.3 Å². The molecular weight excluding hydrogens is 331 g/mol. The predicted molar refractivity (Wildman–Crippen MR) is 98.5 cm³/mol. The van der Waals surface area contributed by atoms with E-state index in [2.05, 4.69) is 10.3 Å². The van der Waals surface area contributed by atoms with Gasteiger partial charge >= 0.3 is 0 Å². The lowest BCUT2D eigenvalue weighted by Gasteiger charge is -2.16. The Balaban J connectivity index is 1.70.